The van der Waals surface area contributed by atoms with Gasteiger partial charge in [-0.25, -0.2) is 18.1 Å². The monoisotopic (exact) mass is 269 g/mol. The van der Waals surface area contributed by atoms with Crippen LogP contribution >= 0.6 is 0 Å². The summed E-state index contributed by atoms with van der Waals surface area (Å²) in [5, 5.41) is 3.84. The van der Waals surface area contributed by atoms with Gasteiger partial charge in [0.2, 0.25) is 10.0 Å². The highest BCUT2D eigenvalue weighted by Crippen LogP contribution is 2.21. The molecule has 0 aromatic carbocycles. The van der Waals surface area contributed by atoms with Crippen LogP contribution in [0.15, 0.2) is 29.0 Å². The molecule has 0 spiro atoms. The fraction of sp³-hybridized carbons (Fsp3) is 0.364. The molecule has 0 aliphatic heterocycles. The Morgan fingerprint density at radius 2 is 2.22 bits per heavy atom. The van der Waals surface area contributed by atoms with Gasteiger partial charge >= 0.3 is 0 Å². The predicted octanol–water partition coefficient (Wildman–Crippen LogP) is 1.18. The molecule has 0 atom stereocenters. The van der Waals surface area contributed by atoms with E-state index in [1.165, 1.54) is 0 Å². The third-order valence-corrected chi connectivity index (χ3v) is 3.88. The maximum absolute atomic E-state index is 11.4. The van der Waals surface area contributed by atoms with Gasteiger partial charge in [0, 0.05) is 19.3 Å². The molecule has 0 unspecified atom stereocenters. The zero-order valence-corrected chi connectivity index (χ0v) is 10.8. The zero-order valence-electron chi connectivity index (χ0n) is 10.0. The van der Waals surface area contributed by atoms with Gasteiger partial charge in [-0.15, -0.1) is 0 Å². The zero-order chi connectivity index (χ0) is 13.0. The van der Waals surface area contributed by atoms with Gasteiger partial charge in [0.15, 0.2) is 0 Å². The molecule has 0 aliphatic rings. The molecule has 7 heteroatoms. The quantitative estimate of drug-likeness (QED) is 0.822. The Balaban J connectivity index is 2.01. The van der Waals surface area contributed by atoms with Crippen molar-refractivity contribution in [3.05, 3.63) is 24.6 Å². The van der Waals surface area contributed by atoms with E-state index < -0.39 is 10.0 Å². The Bertz CT molecular complexity index is 621. The van der Waals surface area contributed by atoms with E-state index in [1.807, 2.05) is 0 Å². The van der Waals surface area contributed by atoms with Crippen LogP contribution in [0.1, 0.15) is 6.92 Å². The highest BCUT2D eigenvalue weighted by atomic mass is 32.2. The fourth-order valence-electron chi connectivity index (χ4n) is 1.63. The van der Waals surface area contributed by atoms with Crippen LogP contribution in [-0.4, -0.2) is 32.2 Å². The van der Waals surface area contributed by atoms with E-state index >= 15 is 0 Å². The molecule has 6 nitrogen and oxygen atoms in total. The summed E-state index contributed by atoms with van der Waals surface area (Å²) in [4.78, 5) is 4.16. The summed E-state index contributed by atoms with van der Waals surface area (Å²) in [7, 11) is -3.21. The van der Waals surface area contributed by atoms with Gasteiger partial charge in [-0.2, -0.15) is 0 Å². The smallest absolute Gasteiger partial charge is 0.213 e. The number of rotatable bonds is 6. The molecule has 18 heavy (non-hydrogen) atoms. The van der Waals surface area contributed by atoms with E-state index in [1.54, 1.807) is 31.5 Å². The number of nitrogens with one attached hydrogen (secondary N) is 2. The lowest BCUT2D eigenvalue weighted by Gasteiger charge is -2.07. The molecule has 0 amide bonds. The first kappa shape index (κ1) is 12.8. The van der Waals surface area contributed by atoms with Crippen molar-refractivity contribution in [2.75, 3.05) is 24.2 Å². The fourth-order valence-corrected chi connectivity index (χ4v) is 2.59. The average Bonchev–Trinajstić information content (AvgIpc) is 2.77. The second-order valence-corrected chi connectivity index (χ2v) is 5.66. The van der Waals surface area contributed by atoms with E-state index in [0.717, 1.165) is 11.0 Å². The lowest BCUT2D eigenvalue weighted by molar-refractivity contribution is 0.584. The number of hydrogen-bond acceptors (Lipinski definition) is 5. The van der Waals surface area contributed by atoms with Crippen LogP contribution in [0.3, 0.4) is 0 Å². The molecule has 0 bridgehead atoms. The number of hydrogen-bond donors (Lipinski definition) is 2. The van der Waals surface area contributed by atoms with Crippen LogP contribution in [0.4, 0.5) is 5.82 Å². The van der Waals surface area contributed by atoms with E-state index in [0.29, 0.717) is 18.9 Å². The Morgan fingerprint density at radius 3 is 3.00 bits per heavy atom. The van der Waals surface area contributed by atoms with E-state index in [-0.39, 0.29) is 5.75 Å². The Kier molecular flexibility index (Phi) is 3.83. The third kappa shape index (κ3) is 2.99. The van der Waals surface area contributed by atoms with Gasteiger partial charge in [-0.1, -0.05) is 6.92 Å². The van der Waals surface area contributed by atoms with Crippen LogP contribution in [-0.2, 0) is 10.0 Å². The van der Waals surface area contributed by atoms with E-state index in [9.17, 15) is 8.42 Å². The highest BCUT2D eigenvalue weighted by molar-refractivity contribution is 7.89. The summed E-state index contributed by atoms with van der Waals surface area (Å²) < 4.78 is 30.6. The molecule has 2 aromatic heterocycles. The number of nitrogens with zero attached hydrogens (tertiary/aromatic N) is 1. The van der Waals surface area contributed by atoms with Crippen molar-refractivity contribution in [1.82, 2.24) is 9.71 Å². The van der Waals surface area contributed by atoms with Gasteiger partial charge in [-0.05, 0) is 12.1 Å². The first-order valence-electron chi connectivity index (χ1n) is 5.66. The van der Waals surface area contributed by atoms with Crippen LogP contribution in [0, 0.1) is 0 Å². The first-order valence-corrected chi connectivity index (χ1v) is 7.31. The number of anilines is 1. The number of fused-ring (bicyclic) bond motifs is 1. The highest BCUT2D eigenvalue weighted by Gasteiger charge is 2.09. The molecule has 2 heterocycles. The number of furan rings is 1. The summed E-state index contributed by atoms with van der Waals surface area (Å²) in [5.41, 5.74) is 0.724. The van der Waals surface area contributed by atoms with E-state index in [2.05, 4.69) is 15.0 Å². The van der Waals surface area contributed by atoms with Crippen LogP contribution in [0.2, 0.25) is 0 Å². The molecule has 98 valence electrons. The minimum Gasteiger partial charge on any atom is -0.464 e. The van der Waals surface area contributed by atoms with Gasteiger partial charge in [0.1, 0.15) is 11.4 Å². The van der Waals surface area contributed by atoms with Crippen molar-refractivity contribution >= 4 is 26.8 Å². The Morgan fingerprint density at radius 1 is 1.39 bits per heavy atom. The summed E-state index contributed by atoms with van der Waals surface area (Å²) >= 11 is 0. The van der Waals surface area contributed by atoms with E-state index in [4.69, 9.17) is 4.42 Å². The second kappa shape index (κ2) is 5.36. The summed E-state index contributed by atoms with van der Waals surface area (Å²) in [6.07, 6.45) is 3.19. The van der Waals surface area contributed by atoms with Crippen molar-refractivity contribution in [3.63, 3.8) is 0 Å². The van der Waals surface area contributed by atoms with Crippen molar-refractivity contribution in [2.24, 2.45) is 0 Å². The summed E-state index contributed by atoms with van der Waals surface area (Å²) in [5.74, 6) is 0.643. The normalized spacial score (nSPS) is 11.8. The molecule has 0 aliphatic carbocycles. The molecule has 0 saturated carbocycles. The minimum absolute atomic E-state index is 0.0107. The van der Waals surface area contributed by atoms with Crippen LogP contribution in [0.5, 0.6) is 0 Å². The number of sulfonamides is 1. The van der Waals surface area contributed by atoms with Gasteiger partial charge in [0.25, 0.3) is 0 Å². The molecular weight excluding hydrogens is 254 g/mol. The topological polar surface area (TPSA) is 84.2 Å². The SMILES string of the molecule is CCNS(=O)(=O)CCNc1nccc2occc12. The molecule has 0 saturated heterocycles. The van der Waals surface area contributed by atoms with Gasteiger partial charge < -0.3 is 9.73 Å². The van der Waals surface area contributed by atoms with Gasteiger partial charge in [0.05, 0.1) is 17.4 Å². The van der Waals surface area contributed by atoms with Crippen molar-refractivity contribution in [2.45, 2.75) is 6.92 Å². The average molecular weight is 269 g/mol. The Hall–Kier alpha value is -1.60. The largest absolute Gasteiger partial charge is 0.464 e. The molecule has 2 aromatic rings. The molecular formula is C11H15N3O3S. The van der Waals surface area contributed by atoms with Crippen LogP contribution in [0.25, 0.3) is 11.0 Å². The minimum atomic E-state index is -3.21. The van der Waals surface area contributed by atoms with Gasteiger partial charge in [-0.3, -0.25) is 0 Å². The van der Waals surface area contributed by atoms with Crippen LogP contribution < -0.4 is 10.0 Å². The first-order chi connectivity index (χ1) is 8.62. The predicted molar refractivity (Wildman–Crippen MR) is 70.0 cm³/mol. The Labute approximate surface area is 105 Å². The standard InChI is InChI=1S/C11H15N3O3S/c1-2-14-18(15,16)8-6-13-11-9-4-7-17-10(9)3-5-12-11/h3-5,7,14H,2,6,8H2,1H3,(H,12,13). The number of pyridine rings is 1. The lowest BCUT2D eigenvalue weighted by Crippen LogP contribution is -2.29. The van der Waals surface area contributed by atoms with Crippen molar-refractivity contribution < 1.29 is 12.8 Å². The second-order valence-electron chi connectivity index (χ2n) is 3.74. The molecule has 2 N–H and O–H groups in total. The maximum Gasteiger partial charge on any atom is 0.213 e. The van der Waals surface area contributed by atoms with Crippen molar-refractivity contribution in [1.29, 1.82) is 0 Å². The third-order valence-electron chi connectivity index (χ3n) is 2.41. The molecule has 2 rings (SSSR count). The lowest BCUT2D eigenvalue weighted by atomic mass is 10.3. The van der Waals surface area contributed by atoms with Crippen molar-refractivity contribution in [3.8, 4) is 0 Å². The summed E-state index contributed by atoms with van der Waals surface area (Å²) in [6.45, 7) is 2.45. The molecule has 0 fully saturated rings. The summed E-state index contributed by atoms with van der Waals surface area (Å²) in [6, 6.07) is 3.55. The maximum atomic E-state index is 11.4. The molecule has 0 radical (unpaired) electrons. The number of aromatic nitrogens is 1.